The van der Waals surface area contributed by atoms with E-state index in [0.29, 0.717) is 62.5 Å². The summed E-state index contributed by atoms with van der Waals surface area (Å²) in [6, 6.07) is 56.2. The van der Waals surface area contributed by atoms with Gasteiger partial charge in [0.2, 0.25) is 0 Å². The number of nitrogen functional groups attached to an aromatic ring is 1. The van der Waals surface area contributed by atoms with Gasteiger partial charge in [0.25, 0.3) is 23.6 Å². The van der Waals surface area contributed by atoms with Crippen LogP contribution in [0.2, 0.25) is 5.15 Å². The van der Waals surface area contributed by atoms with Gasteiger partial charge in [0, 0.05) is 145 Å². The van der Waals surface area contributed by atoms with Crippen LogP contribution in [0.3, 0.4) is 0 Å². The fourth-order valence-electron chi connectivity index (χ4n) is 14.1. The number of hydrogen-bond acceptors (Lipinski definition) is 12. The van der Waals surface area contributed by atoms with Crippen molar-refractivity contribution in [3.8, 4) is 23.3 Å². The summed E-state index contributed by atoms with van der Waals surface area (Å²) < 4.78 is 0. The molecule has 0 bridgehead atoms. The van der Waals surface area contributed by atoms with Crippen LogP contribution in [0.15, 0.2) is 170 Å². The maximum atomic E-state index is 13.4. The first-order chi connectivity index (χ1) is 49.2. The van der Waals surface area contributed by atoms with Crippen LogP contribution < -0.4 is 15.9 Å². The first-order valence-corrected chi connectivity index (χ1v) is 37.6. The summed E-state index contributed by atoms with van der Waals surface area (Å²) in [5.74, 6) is 1.05. The molecular weight excluding hydrogens is 1320 g/mol. The molecule has 4 saturated heterocycles. The number of amides is 4. The van der Waals surface area contributed by atoms with E-state index in [2.05, 4.69) is 162 Å². The lowest BCUT2D eigenvalue weighted by molar-refractivity contribution is 0.0656. The number of pyridine rings is 2. The van der Waals surface area contributed by atoms with Crippen molar-refractivity contribution in [2.45, 2.75) is 110 Å². The van der Waals surface area contributed by atoms with Crippen LogP contribution in [0.4, 0.5) is 11.4 Å². The van der Waals surface area contributed by atoms with Crippen molar-refractivity contribution >= 4 is 59.8 Å². The summed E-state index contributed by atoms with van der Waals surface area (Å²) in [5.41, 5.74) is 21.1. The number of carbonyl (C=O) groups is 4. The van der Waals surface area contributed by atoms with Crippen LogP contribution in [0.1, 0.15) is 165 Å². The molecular formula is C85H102ClN12O4P. The second-order valence-corrected chi connectivity index (χ2v) is 33.9. The summed E-state index contributed by atoms with van der Waals surface area (Å²) in [7, 11) is 8.05. The van der Waals surface area contributed by atoms with Crippen molar-refractivity contribution < 1.29 is 19.2 Å². The number of likely N-dealkylation sites (tertiary alicyclic amines) is 2. The molecule has 0 aliphatic carbocycles. The van der Waals surface area contributed by atoms with Crippen LogP contribution in [-0.4, -0.2) is 180 Å². The zero-order valence-electron chi connectivity index (χ0n) is 62.3. The smallest absolute Gasteiger partial charge is 0.255 e. The van der Waals surface area contributed by atoms with Crippen molar-refractivity contribution in [3.05, 3.63) is 242 Å². The molecule has 4 aliphatic heterocycles. The zero-order valence-corrected chi connectivity index (χ0v) is 63.9. The molecule has 0 unspecified atom stereocenters. The van der Waals surface area contributed by atoms with Crippen LogP contribution in [-0.2, 0) is 6.42 Å². The van der Waals surface area contributed by atoms with Gasteiger partial charge in [0.1, 0.15) is 5.15 Å². The van der Waals surface area contributed by atoms with E-state index < -0.39 is 0 Å². The predicted molar refractivity (Wildman–Crippen MR) is 420 cm³/mol. The molecule has 2 N–H and O–H groups in total. The molecule has 12 rings (SSSR count). The lowest BCUT2D eigenvalue weighted by Crippen LogP contribution is -2.47. The number of benzene rings is 6. The predicted octanol–water partition coefficient (Wildman–Crippen LogP) is 15.0. The van der Waals surface area contributed by atoms with Gasteiger partial charge in [-0.3, -0.25) is 24.2 Å². The third-order valence-electron chi connectivity index (χ3n) is 19.9. The van der Waals surface area contributed by atoms with Gasteiger partial charge in [-0.2, -0.15) is 10.5 Å². The number of hydrogen-bond donors (Lipinski definition) is 1. The number of halogens is 1. The number of piperidine rings is 2. The van der Waals surface area contributed by atoms with Gasteiger partial charge in [-0.25, -0.2) is 4.98 Å². The highest BCUT2D eigenvalue weighted by Gasteiger charge is 2.37. The summed E-state index contributed by atoms with van der Waals surface area (Å²) >= 11 is 5.68. The number of anilines is 2. The van der Waals surface area contributed by atoms with Crippen LogP contribution >= 0.6 is 19.5 Å². The van der Waals surface area contributed by atoms with Gasteiger partial charge in [-0.1, -0.05) is 140 Å². The Bertz CT molecular complexity index is 4250. The van der Waals surface area contributed by atoms with E-state index in [4.69, 9.17) is 27.9 Å². The first kappa shape index (κ1) is 77.9. The number of aromatic nitrogens is 2. The van der Waals surface area contributed by atoms with Crippen LogP contribution in [0, 0.1) is 36.5 Å². The zero-order chi connectivity index (χ0) is 74.1. The summed E-state index contributed by atoms with van der Waals surface area (Å²) in [6.07, 6.45) is 7.54. The Balaban J connectivity index is 0.000000168. The van der Waals surface area contributed by atoms with Crippen molar-refractivity contribution in [2.75, 3.05) is 117 Å². The third kappa shape index (κ3) is 21.0. The highest BCUT2D eigenvalue weighted by Crippen LogP contribution is 2.59. The number of likely N-dealkylation sites (N-methyl/N-ethyl adjacent to an activating group) is 2. The third-order valence-corrected chi connectivity index (χ3v) is 23.6. The van der Waals surface area contributed by atoms with E-state index in [1.807, 2.05) is 118 Å². The number of carbonyl (C=O) groups excluding carboxylic acids is 4. The summed E-state index contributed by atoms with van der Waals surface area (Å²) in [4.78, 5) is 73.6. The average Bonchev–Trinajstić information content (AvgIpc) is 0.770. The number of nitrogens with two attached hydrogens (primary N) is 1. The normalized spacial score (nSPS) is 15.5. The highest BCUT2D eigenvalue weighted by molar-refractivity contribution is 7.68. The Hall–Kier alpha value is -9.28. The molecule has 103 heavy (non-hydrogen) atoms. The van der Waals surface area contributed by atoms with E-state index in [1.165, 1.54) is 39.4 Å². The van der Waals surface area contributed by atoms with Gasteiger partial charge in [-0.15, -0.1) is 0 Å². The minimum atomic E-state index is -0.332. The van der Waals surface area contributed by atoms with Crippen molar-refractivity contribution in [1.82, 2.24) is 39.4 Å². The van der Waals surface area contributed by atoms with Crippen molar-refractivity contribution in [3.63, 3.8) is 0 Å². The molecule has 18 heteroatoms. The minimum Gasteiger partial charge on any atom is -0.398 e. The molecule has 4 aliphatic rings. The first-order valence-electron chi connectivity index (χ1n) is 35.9. The topological polar surface area (TPSA) is 190 Å². The number of nitrogens with zero attached hydrogens (tertiary/aromatic N) is 11. The quantitative estimate of drug-likeness (QED) is 0.0734. The van der Waals surface area contributed by atoms with E-state index in [1.54, 1.807) is 24.4 Å². The van der Waals surface area contributed by atoms with Crippen LogP contribution in [0.5, 0.6) is 0 Å². The molecule has 6 heterocycles. The van der Waals surface area contributed by atoms with E-state index in [0.717, 1.165) is 127 Å². The molecule has 4 amide bonds. The second kappa shape index (κ2) is 35.7. The number of piperazine rings is 2. The van der Waals surface area contributed by atoms with Gasteiger partial charge >= 0.3 is 0 Å². The SMILES string of the molecule is CN(C)c1ccccc1-c1ccccc1P(C(C)(C)C)C(C)(C)C.CN1CCN(C(=O)c2ccc(Cl)nc2)CC1.Cc1ccc(C(=O)N2CCC(c3ccc(C#N)cc3)CC2)cc1Cc1ccc(C(=O)N2CCN(C)CC2)cn1.Cc1ccc(C(=O)N2CCC(c3ccc(C#N)cc3)CC2)cc1N. The Morgan fingerprint density at radius 1 is 0.505 bits per heavy atom. The molecule has 6 aromatic carbocycles. The number of nitriles is 2. The lowest BCUT2D eigenvalue weighted by atomic mass is 9.88. The fraction of sp³-hybridized carbons (Fsp3) is 0.388. The summed E-state index contributed by atoms with van der Waals surface area (Å²) in [6.45, 7) is 27.9. The van der Waals surface area contributed by atoms with Gasteiger partial charge in [0.15, 0.2) is 0 Å². The highest BCUT2D eigenvalue weighted by atomic mass is 35.5. The Morgan fingerprint density at radius 2 is 0.913 bits per heavy atom. The maximum absolute atomic E-state index is 13.4. The lowest BCUT2D eigenvalue weighted by Gasteiger charge is -2.43. The molecule has 0 atom stereocenters. The Kier molecular flexibility index (Phi) is 27.0. The molecule has 0 saturated carbocycles. The Labute approximate surface area is 617 Å². The number of aryl methyl sites for hydroxylation is 2. The van der Waals surface area contributed by atoms with Gasteiger partial charge in [0.05, 0.1) is 34.4 Å². The minimum absolute atomic E-state index is 0.0360. The molecule has 4 fully saturated rings. The maximum Gasteiger partial charge on any atom is 0.255 e. The number of para-hydroxylation sites is 1. The molecule has 16 nitrogen and oxygen atoms in total. The van der Waals surface area contributed by atoms with E-state index in [9.17, 15) is 19.2 Å². The molecule has 2 aromatic heterocycles. The number of rotatable bonds is 11. The van der Waals surface area contributed by atoms with E-state index >= 15 is 0 Å². The average molecular weight is 1420 g/mol. The van der Waals surface area contributed by atoms with Gasteiger partial charge < -0.3 is 40.0 Å². The van der Waals surface area contributed by atoms with Crippen molar-refractivity contribution in [2.24, 2.45) is 0 Å². The van der Waals surface area contributed by atoms with Gasteiger partial charge in [-0.05, 0) is 193 Å². The second-order valence-electron chi connectivity index (χ2n) is 29.7. The standard InChI is InChI=1S/C32H35N5O2.C22H32NP.C20H21N3O.C11H14ClN3O/c1-23-3-6-27(31(38)36-13-11-26(12-14-36)25-7-4-24(21-33)5-8-25)19-29(23)20-30-10-9-28(22-34-30)32(39)37-17-15-35(2)16-18-37;1-21(2,3)24(22(4,5)6)20-16-12-10-14-18(20)17-13-9-11-15-19(17)23(7)8;1-14-2-5-18(12-19(14)22)20(24)23-10-8-17(9-11-23)16-6-3-15(13-21)4-7-16;1-14-4-6-15(7-5-14)11(16)9-2-3-10(12)13-8-9/h3-10,19,22,26H,11-18,20H2,1-2H3;9-16H,1-8H3;2-7,12,17H,8-11,22H2,1H3;2-3,8H,4-7H2,1H3. The van der Waals surface area contributed by atoms with Crippen molar-refractivity contribution in [1.29, 1.82) is 10.5 Å². The van der Waals surface area contributed by atoms with E-state index in [-0.39, 0.29) is 41.9 Å². The molecule has 0 spiro atoms. The molecule has 538 valence electrons. The monoisotopic (exact) mass is 1420 g/mol. The molecule has 8 aromatic rings. The van der Waals surface area contributed by atoms with Crippen LogP contribution in [0.25, 0.3) is 11.1 Å². The fourth-order valence-corrected chi connectivity index (χ4v) is 18.3. The summed E-state index contributed by atoms with van der Waals surface area (Å²) in [5, 5.41) is 20.4. The molecule has 0 radical (unpaired) electrons. The Morgan fingerprint density at radius 3 is 1.34 bits per heavy atom. The largest absolute Gasteiger partial charge is 0.398 e.